The molecule has 1 N–H and O–H groups in total. The molecular weight excluding hydrogens is 176 g/mol. The van der Waals surface area contributed by atoms with Crippen LogP contribution in [-0.4, -0.2) is 24.2 Å². The highest BCUT2D eigenvalue weighted by atomic mass is 16.5. The summed E-state index contributed by atoms with van der Waals surface area (Å²) in [7, 11) is 1.72. The van der Waals surface area contributed by atoms with E-state index in [2.05, 4.69) is 24.1 Å². The van der Waals surface area contributed by atoms with Crippen LogP contribution in [0.25, 0.3) is 0 Å². The lowest BCUT2D eigenvalue weighted by atomic mass is 10.1. The van der Waals surface area contributed by atoms with Crippen molar-refractivity contribution in [1.29, 1.82) is 0 Å². The van der Waals surface area contributed by atoms with Crippen LogP contribution < -0.4 is 5.32 Å². The molecule has 1 heterocycles. The van der Waals surface area contributed by atoms with Gasteiger partial charge in [0.1, 0.15) is 0 Å². The summed E-state index contributed by atoms with van der Waals surface area (Å²) in [4.78, 5) is 4.22. The van der Waals surface area contributed by atoms with Crippen LogP contribution in [0.15, 0.2) is 24.4 Å². The molecule has 0 amide bonds. The molecule has 0 bridgehead atoms. The summed E-state index contributed by atoms with van der Waals surface area (Å²) in [6, 6.07) is 5.92. The standard InChI is InChI=1S/C11H18N2O/c1-11(2,14-3)9-12-8-10-6-4-5-7-13-10/h4-7,12H,8-9H2,1-3H3. The van der Waals surface area contributed by atoms with Crippen LogP contribution in [0.1, 0.15) is 19.5 Å². The second-order valence-electron chi connectivity index (χ2n) is 3.89. The Hall–Kier alpha value is -0.930. The zero-order valence-corrected chi connectivity index (χ0v) is 9.08. The summed E-state index contributed by atoms with van der Waals surface area (Å²) in [5.41, 5.74) is 0.939. The number of aromatic nitrogens is 1. The molecule has 0 aliphatic heterocycles. The Labute approximate surface area is 85.5 Å². The Kier molecular flexibility index (Phi) is 4.04. The molecule has 0 fully saturated rings. The van der Waals surface area contributed by atoms with E-state index in [9.17, 15) is 0 Å². The van der Waals surface area contributed by atoms with Crippen molar-refractivity contribution in [3.05, 3.63) is 30.1 Å². The quantitative estimate of drug-likeness (QED) is 0.773. The molecule has 0 radical (unpaired) electrons. The molecule has 1 aromatic heterocycles. The summed E-state index contributed by atoms with van der Waals surface area (Å²) in [5.74, 6) is 0. The fourth-order valence-corrected chi connectivity index (χ4v) is 1.07. The number of methoxy groups -OCH3 is 1. The minimum absolute atomic E-state index is 0.116. The lowest BCUT2D eigenvalue weighted by Gasteiger charge is -2.23. The highest BCUT2D eigenvalue weighted by molar-refractivity contribution is 5.02. The van der Waals surface area contributed by atoms with Gasteiger partial charge in [-0.25, -0.2) is 0 Å². The van der Waals surface area contributed by atoms with Crippen molar-refractivity contribution in [2.45, 2.75) is 26.0 Å². The van der Waals surface area contributed by atoms with Crippen LogP contribution >= 0.6 is 0 Å². The molecule has 1 rings (SSSR count). The monoisotopic (exact) mass is 194 g/mol. The highest BCUT2D eigenvalue weighted by Crippen LogP contribution is 2.05. The highest BCUT2D eigenvalue weighted by Gasteiger charge is 2.14. The summed E-state index contributed by atoms with van der Waals surface area (Å²) >= 11 is 0. The maximum Gasteiger partial charge on any atom is 0.0746 e. The van der Waals surface area contributed by atoms with Gasteiger partial charge in [0.25, 0.3) is 0 Å². The Bertz CT molecular complexity index is 259. The number of ether oxygens (including phenoxy) is 1. The molecule has 78 valence electrons. The first kappa shape index (κ1) is 11.1. The molecule has 0 spiro atoms. The van der Waals surface area contributed by atoms with Gasteiger partial charge in [0.05, 0.1) is 11.3 Å². The number of hydrogen-bond acceptors (Lipinski definition) is 3. The van der Waals surface area contributed by atoms with Crippen LogP contribution in [0.2, 0.25) is 0 Å². The SMILES string of the molecule is COC(C)(C)CNCc1ccccn1. The number of rotatable bonds is 5. The Morgan fingerprint density at radius 3 is 2.79 bits per heavy atom. The third kappa shape index (κ3) is 3.85. The third-order valence-corrected chi connectivity index (χ3v) is 2.14. The van der Waals surface area contributed by atoms with E-state index in [4.69, 9.17) is 4.74 Å². The van der Waals surface area contributed by atoms with E-state index in [1.54, 1.807) is 13.3 Å². The van der Waals surface area contributed by atoms with Crippen LogP contribution in [-0.2, 0) is 11.3 Å². The van der Waals surface area contributed by atoms with Gasteiger partial charge in [-0.3, -0.25) is 4.98 Å². The van der Waals surface area contributed by atoms with Crippen molar-refractivity contribution < 1.29 is 4.74 Å². The fourth-order valence-electron chi connectivity index (χ4n) is 1.07. The minimum Gasteiger partial charge on any atom is -0.377 e. The number of hydrogen-bond donors (Lipinski definition) is 1. The van der Waals surface area contributed by atoms with Crippen molar-refractivity contribution in [1.82, 2.24) is 10.3 Å². The molecule has 3 nitrogen and oxygen atoms in total. The smallest absolute Gasteiger partial charge is 0.0746 e. The van der Waals surface area contributed by atoms with Gasteiger partial charge < -0.3 is 10.1 Å². The Balaban J connectivity index is 2.29. The summed E-state index contributed by atoms with van der Waals surface area (Å²) < 4.78 is 5.29. The number of nitrogens with one attached hydrogen (secondary N) is 1. The number of pyridine rings is 1. The van der Waals surface area contributed by atoms with Crippen LogP contribution in [0, 0.1) is 0 Å². The van der Waals surface area contributed by atoms with Gasteiger partial charge in [-0.1, -0.05) is 6.07 Å². The second kappa shape index (κ2) is 5.08. The zero-order valence-electron chi connectivity index (χ0n) is 9.08. The van der Waals surface area contributed by atoms with Gasteiger partial charge in [-0.05, 0) is 26.0 Å². The summed E-state index contributed by atoms with van der Waals surface area (Å²) in [5, 5.41) is 3.31. The van der Waals surface area contributed by atoms with Crippen LogP contribution in [0.5, 0.6) is 0 Å². The van der Waals surface area contributed by atoms with Crippen molar-refractivity contribution >= 4 is 0 Å². The first-order valence-corrected chi connectivity index (χ1v) is 4.80. The molecular formula is C11H18N2O. The molecule has 0 aromatic carbocycles. The zero-order chi connectivity index (χ0) is 10.4. The van der Waals surface area contributed by atoms with Gasteiger partial charge in [0.2, 0.25) is 0 Å². The molecule has 1 aromatic rings. The molecule has 0 aliphatic rings. The van der Waals surface area contributed by atoms with Crippen molar-refractivity contribution in [2.24, 2.45) is 0 Å². The van der Waals surface area contributed by atoms with E-state index >= 15 is 0 Å². The van der Waals surface area contributed by atoms with Crippen molar-refractivity contribution in [3.8, 4) is 0 Å². The van der Waals surface area contributed by atoms with Gasteiger partial charge in [0, 0.05) is 26.4 Å². The number of nitrogens with zero attached hydrogens (tertiary/aromatic N) is 1. The molecule has 14 heavy (non-hydrogen) atoms. The first-order chi connectivity index (χ1) is 6.64. The Morgan fingerprint density at radius 1 is 1.43 bits per heavy atom. The van der Waals surface area contributed by atoms with E-state index in [-0.39, 0.29) is 5.60 Å². The average molecular weight is 194 g/mol. The lowest BCUT2D eigenvalue weighted by Crippen LogP contribution is -2.36. The van der Waals surface area contributed by atoms with Gasteiger partial charge in [0.15, 0.2) is 0 Å². The third-order valence-electron chi connectivity index (χ3n) is 2.14. The molecule has 0 atom stereocenters. The molecule has 0 aliphatic carbocycles. The van der Waals surface area contributed by atoms with Gasteiger partial charge >= 0.3 is 0 Å². The predicted molar refractivity (Wildman–Crippen MR) is 57.0 cm³/mol. The normalized spacial score (nSPS) is 11.6. The summed E-state index contributed by atoms with van der Waals surface area (Å²) in [6.07, 6.45) is 1.80. The topological polar surface area (TPSA) is 34.1 Å². The molecule has 3 heteroatoms. The van der Waals surface area contributed by atoms with Crippen molar-refractivity contribution in [2.75, 3.05) is 13.7 Å². The van der Waals surface area contributed by atoms with Gasteiger partial charge in [-0.15, -0.1) is 0 Å². The van der Waals surface area contributed by atoms with E-state index in [1.165, 1.54) is 0 Å². The molecule has 0 unspecified atom stereocenters. The van der Waals surface area contributed by atoms with Crippen molar-refractivity contribution in [3.63, 3.8) is 0 Å². The minimum atomic E-state index is -0.116. The second-order valence-corrected chi connectivity index (χ2v) is 3.89. The predicted octanol–water partition coefficient (Wildman–Crippen LogP) is 1.60. The van der Waals surface area contributed by atoms with E-state index in [0.717, 1.165) is 18.8 Å². The maximum atomic E-state index is 5.29. The lowest BCUT2D eigenvalue weighted by molar-refractivity contribution is 0.0230. The van der Waals surface area contributed by atoms with E-state index < -0.39 is 0 Å². The largest absolute Gasteiger partial charge is 0.377 e. The van der Waals surface area contributed by atoms with Gasteiger partial charge in [-0.2, -0.15) is 0 Å². The molecule has 0 saturated carbocycles. The van der Waals surface area contributed by atoms with E-state index in [0.29, 0.717) is 0 Å². The molecule has 0 saturated heterocycles. The first-order valence-electron chi connectivity index (χ1n) is 4.80. The Morgan fingerprint density at radius 2 is 2.21 bits per heavy atom. The van der Waals surface area contributed by atoms with Crippen LogP contribution in [0.4, 0.5) is 0 Å². The summed E-state index contributed by atoms with van der Waals surface area (Å²) in [6.45, 7) is 5.71. The van der Waals surface area contributed by atoms with Crippen LogP contribution in [0.3, 0.4) is 0 Å². The average Bonchev–Trinajstić information content (AvgIpc) is 2.19. The fraction of sp³-hybridized carbons (Fsp3) is 0.545. The maximum absolute atomic E-state index is 5.29. The van der Waals surface area contributed by atoms with E-state index in [1.807, 2.05) is 18.2 Å².